The zero-order chi connectivity index (χ0) is 14.7. The standard InChI is InChI=1S/C16H25BrN2O/c1-11(2)18-8-14-5-6-15(17)7-16(14)19-9-12(3)20-13(4)10-19/h5-7,11-13,18H,8-10H2,1-4H3/t12-,13+. The first-order chi connectivity index (χ1) is 9.45. The van der Waals surface area contributed by atoms with Gasteiger partial charge < -0.3 is 15.0 Å². The van der Waals surface area contributed by atoms with Crippen LogP contribution in [0.25, 0.3) is 0 Å². The molecule has 2 rings (SSSR count). The number of nitrogens with zero attached hydrogens (tertiary/aromatic N) is 1. The van der Waals surface area contributed by atoms with E-state index < -0.39 is 0 Å². The molecule has 0 bridgehead atoms. The van der Waals surface area contributed by atoms with Gasteiger partial charge in [0.2, 0.25) is 0 Å². The van der Waals surface area contributed by atoms with E-state index in [1.807, 2.05) is 0 Å². The first kappa shape index (κ1) is 15.8. The predicted octanol–water partition coefficient (Wildman–Crippen LogP) is 3.56. The van der Waals surface area contributed by atoms with Gasteiger partial charge in [-0.05, 0) is 31.5 Å². The molecular formula is C16H25BrN2O. The van der Waals surface area contributed by atoms with Crippen LogP contribution in [-0.2, 0) is 11.3 Å². The van der Waals surface area contributed by atoms with Gasteiger partial charge in [-0.3, -0.25) is 0 Å². The fourth-order valence-electron chi connectivity index (χ4n) is 2.67. The Morgan fingerprint density at radius 3 is 2.55 bits per heavy atom. The van der Waals surface area contributed by atoms with E-state index in [1.54, 1.807) is 0 Å². The van der Waals surface area contributed by atoms with Crippen LogP contribution in [0.15, 0.2) is 22.7 Å². The number of nitrogens with one attached hydrogen (secondary N) is 1. The second-order valence-electron chi connectivity index (χ2n) is 5.97. The number of anilines is 1. The molecule has 20 heavy (non-hydrogen) atoms. The lowest BCUT2D eigenvalue weighted by atomic mass is 10.1. The SMILES string of the molecule is CC(C)NCc1ccc(Br)cc1N1C[C@@H](C)O[C@@H](C)C1. The number of halogens is 1. The molecule has 1 N–H and O–H groups in total. The second-order valence-corrected chi connectivity index (χ2v) is 6.89. The van der Waals surface area contributed by atoms with Crippen molar-refractivity contribution in [2.75, 3.05) is 18.0 Å². The topological polar surface area (TPSA) is 24.5 Å². The molecule has 1 aliphatic rings. The highest BCUT2D eigenvalue weighted by Gasteiger charge is 2.24. The zero-order valence-corrected chi connectivity index (χ0v) is 14.4. The Labute approximate surface area is 130 Å². The molecule has 2 atom stereocenters. The number of morpholine rings is 1. The first-order valence-electron chi connectivity index (χ1n) is 7.38. The lowest BCUT2D eigenvalue weighted by Crippen LogP contribution is -2.46. The maximum atomic E-state index is 5.84. The van der Waals surface area contributed by atoms with E-state index in [-0.39, 0.29) is 12.2 Å². The van der Waals surface area contributed by atoms with E-state index in [9.17, 15) is 0 Å². The Balaban J connectivity index is 2.21. The molecule has 112 valence electrons. The fourth-order valence-corrected chi connectivity index (χ4v) is 3.02. The van der Waals surface area contributed by atoms with Crippen molar-refractivity contribution in [1.29, 1.82) is 0 Å². The van der Waals surface area contributed by atoms with Gasteiger partial charge in [0.15, 0.2) is 0 Å². The van der Waals surface area contributed by atoms with E-state index in [2.05, 4.69) is 72.0 Å². The highest BCUT2D eigenvalue weighted by Crippen LogP contribution is 2.28. The highest BCUT2D eigenvalue weighted by molar-refractivity contribution is 9.10. The Hall–Kier alpha value is -0.580. The molecule has 0 radical (unpaired) electrons. The van der Waals surface area contributed by atoms with Crippen LogP contribution >= 0.6 is 15.9 Å². The summed E-state index contributed by atoms with van der Waals surface area (Å²) in [6.07, 6.45) is 0.562. The number of rotatable bonds is 4. The van der Waals surface area contributed by atoms with Gasteiger partial charge in [0, 0.05) is 35.8 Å². The van der Waals surface area contributed by atoms with Crippen molar-refractivity contribution in [2.45, 2.75) is 52.5 Å². The van der Waals surface area contributed by atoms with Crippen molar-refractivity contribution in [1.82, 2.24) is 5.32 Å². The van der Waals surface area contributed by atoms with Crippen LogP contribution in [0.4, 0.5) is 5.69 Å². The van der Waals surface area contributed by atoms with Crippen LogP contribution in [0.3, 0.4) is 0 Å². The highest BCUT2D eigenvalue weighted by atomic mass is 79.9. The summed E-state index contributed by atoms with van der Waals surface area (Å²) in [5.41, 5.74) is 2.66. The summed E-state index contributed by atoms with van der Waals surface area (Å²) >= 11 is 3.59. The van der Waals surface area contributed by atoms with Crippen LogP contribution in [0.2, 0.25) is 0 Å². The van der Waals surface area contributed by atoms with E-state index >= 15 is 0 Å². The summed E-state index contributed by atoms with van der Waals surface area (Å²) in [5.74, 6) is 0. The molecule has 1 fully saturated rings. The number of hydrogen-bond acceptors (Lipinski definition) is 3. The molecule has 0 aromatic heterocycles. The smallest absolute Gasteiger partial charge is 0.0726 e. The maximum Gasteiger partial charge on any atom is 0.0726 e. The molecule has 0 spiro atoms. The van der Waals surface area contributed by atoms with Gasteiger partial charge in [0.25, 0.3) is 0 Å². The molecule has 0 amide bonds. The normalized spacial score (nSPS) is 23.4. The summed E-state index contributed by atoms with van der Waals surface area (Å²) in [5, 5.41) is 3.51. The van der Waals surface area contributed by atoms with Crippen LogP contribution in [-0.4, -0.2) is 31.3 Å². The minimum atomic E-state index is 0.281. The van der Waals surface area contributed by atoms with Crippen LogP contribution in [0, 0.1) is 0 Å². The van der Waals surface area contributed by atoms with Crippen molar-refractivity contribution in [3.8, 4) is 0 Å². The van der Waals surface area contributed by atoms with Gasteiger partial charge in [0.1, 0.15) is 0 Å². The lowest BCUT2D eigenvalue weighted by Gasteiger charge is -2.38. The van der Waals surface area contributed by atoms with Crippen LogP contribution < -0.4 is 10.2 Å². The molecule has 0 aliphatic carbocycles. The molecule has 1 aromatic rings. The molecule has 0 unspecified atom stereocenters. The Morgan fingerprint density at radius 2 is 1.95 bits per heavy atom. The van der Waals surface area contributed by atoms with Gasteiger partial charge in [-0.15, -0.1) is 0 Å². The summed E-state index contributed by atoms with van der Waals surface area (Å²) < 4.78 is 6.97. The molecular weight excluding hydrogens is 316 g/mol. The third kappa shape index (κ3) is 4.21. The maximum absolute atomic E-state index is 5.84. The van der Waals surface area contributed by atoms with Gasteiger partial charge in [0.05, 0.1) is 12.2 Å². The van der Waals surface area contributed by atoms with Crippen LogP contribution in [0.1, 0.15) is 33.3 Å². The molecule has 1 aromatic carbocycles. The fraction of sp³-hybridized carbons (Fsp3) is 0.625. The summed E-state index contributed by atoms with van der Waals surface area (Å²) in [6, 6.07) is 7.05. The van der Waals surface area contributed by atoms with E-state index in [0.717, 1.165) is 24.1 Å². The largest absolute Gasteiger partial charge is 0.372 e. The molecule has 1 heterocycles. The Bertz CT molecular complexity index is 440. The summed E-state index contributed by atoms with van der Waals surface area (Å²) in [4.78, 5) is 2.45. The number of ether oxygens (including phenoxy) is 1. The van der Waals surface area contributed by atoms with E-state index in [4.69, 9.17) is 4.74 Å². The first-order valence-corrected chi connectivity index (χ1v) is 8.17. The third-order valence-corrected chi connectivity index (χ3v) is 4.00. The monoisotopic (exact) mass is 340 g/mol. The van der Waals surface area contributed by atoms with Crippen molar-refractivity contribution in [3.05, 3.63) is 28.2 Å². The number of benzene rings is 1. The van der Waals surface area contributed by atoms with Crippen molar-refractivity contribution < 1.29 is 4.74 Å². The van der Waals surface area contributed by atoms with Gasteiger partial charge in [-0.1, -0.05) is 35.8 Å². The van der Waals surface area contributed by atoms with E-state index in [0.29, 0.717) is 6.04 Å². The van der Waals surface area contributed by atoms with Crippen molar-refractivity contribution in [2.24, 2.45) is 0 Å². The number of hydrogen-bond donors (Lipinski definition) is 1. The molecule has 3 nitrogen and oxygen atoms in total. The average molecular weight is 341 g/mol. The second kappa shape index (κ2) is 6.92. The molecule has 0 saturated carbocycles. The minimum Gasteiger partial charge on any atom is -0.372 e. The molecule has 1 saturated heterocycles. The lowest BCUT2D eigenvalue weighted by molar-refractivity contribution is -0.00527. The van der Waals surface area contributed by atoms with Gasteiger partial charge in [-0.25, -0.2) is 0 Å². The summed E-state index contributed by atoms with van der Waals surface area (Å²) in [6.45, 7) is 11.5. The van der Waals surface area contributed by atoms with Crippen molar-refractivity contribution >= 4 is 21.6 Å². The predicted molar refractivity (Wildman–Crippen MR) is 88.3 cm³/mol. The summed E-state index contributed by atoms with van der Waals surface area (Å²) in [7, 11) is 0. The van der Waals surface area contributed by atoms with Gasteiger partial charge in [-0.2, -0.15) is 0 Å². The minimum absolute atomic E-state index is 0.281. The average Bonchev–Trinajstić information content (AvgIpc) is 2.36. The van der Waals surface area contributed by atoms with Crippen molar-refractivity contribution in [3.63, 3.8) is 0 Å². The quantitative estimate of drug-likeness (QED) is 0.906. The van der Waals surface area contributed by atoms with E-state index in [1.165, 1.54) is 11.3 Å². The molecule has 4 heteroatoms. The van der Waals surface area contributed by atoms with Crippen LogP contribution in [0.5, 0.6) is 0 Å². The third-order valence-electron chi connectivity index (χ3n) is 3.51. The van der Waals surface area contributed by atoms with Gasteiger partial charge >= 0.3 is 0 Å². The zero-order valence-electron chi connectivity index (χ0n) is 12.8. The molecule has 1 aliphatic heterocycles. The Morgan fingerprint density at radius 1 is 1.30 bits per heavy atom. The Kier molecular flexibility index (Phi) is 5.47.